The van der Waals surface area contributed by atoms with Crippen molar-refractivity contribution in [3.05, 3.63) is 23.4 Å². The number of benzene rings is 1. The fourth-order valence-electron chi connectivity index (χ4n) is 3.29. The molecule has 6 heteroatoms. The van der Waals surface area contributed by atoms with Crippen LogP contribution in [0.25, 0.3) is 6.08 Å². The number of carbonyl (C=O) groups excluding carboxylic acids is 1. The highest BCUT2D eigenvalue weighted by atomic mass is 16.6. The molecule has 1 aliphatic carbocycles. The van der Waals surface area contributed by atoms with E-state index in [0.717, 1.165) is 31.2 Å². The standard InChI is InChI=1S/C19H23NO5/c1-22-15-10-12(11-16(23-2)17(15)24-3)9-14-19(21)25-18(20-14)13-7-5-4-6-8-13/h9-11,13H,4-8H2,1-3H3. The minimum atomic E-state index is -0.408. The fraction of sp³-hybridized carbons (Fsp3) is 0.474. The molecule has 0 amide bonds. The molecule has 6 nitrogen and oxygen atoms in total. The number of hydrogen-bond donors (Lipinski definition) is 0. The van der Waals surface area contributed by atoms with E-state index in [-0.39, 0.29) is 5.92 Å². The van der Waals surface area contributed by atoms with Crippen molar-refractivity contribution >= 4 is 17.9 Å². The van der Waals surface area contributed by atoms with Crippen LogP contribution in [0, 0.1) is 5.92 Å². The molecule has 0 radical (unpaired) electrons. The minimum absolute atomic E-state index is 0.253. The van der Waals surface area contributed by atoms with Crippen LogP contribution < -0.4 is 14.2 Å². The molecule has 1 fully saturated rings. The lowest BCUT2D eigenvalue weighted by Gasteiger charge is -2.19. The number of methoxy groups -OCH3 is 3. The minimum Gasteiger partial charge on any atom is -0.493 e. The predicted octanol–water partition coefficient (Wildman–Crippen LogP) is 3.59. The molecule has 25 heavy (non-hydrogen) atoms. The number of esters is 1. The van der Waals surface area contributed by atoms with Crippen molar-refractivity contribution in [1.29, 1.82) is 0 Å². The first-order valence-electron chi connectivity index (χ1n) is 8.48. The highest BCUT2D eigenvalue weighted by Gasteiger charge is 2.30. The molecule has 1 aromatic carbocycles. The Labute approximate surface area is 147 Å². The summed E-state index contributed by atoms with van der Waals surface area (Å²) in [6.45, 7) is 0. The van der Waals surface area contributed by atoms with Crippen molar-refractivity contribution in [3.8, 4) is 17.2 Å². The summed E-state index contributed by atoms with van der Waals surface area (Å²) >= 11 is 0. The Bertz CT molecular complexity index is 692. The molecule has 0 aromatic heterocycles. The molecule has 2 aliphatic rings. The van der Waals surface area contributed by atoms with Crippen molar-refractivity contribution in [3.63, 3.8) is 0 Å². The molecule has 3 rings (SSSR count). The van der Waals surface area contributed by atoms with Crippen LogP contribution >= 0.6 is 0 Å². The van der Waals surface area contributed by atoms with Crippen LogP contribution in [0.4, 0.5) is 0 Å². The first-order valence-corrected chi connectivity index (χ1v) is 8.48. The van der Waals surface area contributed by atoms with Crippen LogP contribution in [0.2, 0.25) is 0 Å². The van der Waals surface area contributed by atoms with Crippen molar-refractivity contribution in [2.75, 3.05) is 21.3 Å². The molecule has 0 atom stereocenters. The number of ether oxygens (including phenoxy) is 4. The summed E-state index contributed by atoms with van der Waals surface area (Å²) in [5.41, 5.74) is 1.03. The van der Waals surface area contributed by atoms with Gasteiger partial charge in [0.1, 0.15) is 0 Å². The van der Waals surface area contributed by atoms with E-state index < -0.39 is 5.97 Å². The van der Waals surface area contributed by atoms with Gasteiger partial charge in [-0.15, -0.1) is 0 Å². The number of hydrogen-bond acceptors (Lipinski definition) is 6. The van der Waals surface area contributed by atoms with Gasteiger partial charge in [0, 0.05) is 5.92 Å². The van der Waals surface area contributed by atoms with E-state index in [1.54, 1.807) is 39.5 Å². The normalized spacial score (nSPS) is 19.6. The van der Waals surface area contributed by atoms with Crippen LogP contribution in [0.5, 0.6) is 17.2 Å². The summed E-state index contributed by atoms with van der Waals surface area (Å²) in [6.07, 6.45) is 7.31. The average molecular weight is 345 g/mol. The molecule has 1 aromatic rings. The summed E-state index contributed by atoms with van der Waals surface area (Å²) in [4.78, 5) is 16.6. The maximum atomic E-state index is 12.2. The summed E-state index contributed by atoms with van der Waals surface area (Å²) in [7, 11) is 4.66. The van der Waals surface area contributed by atoms with Gasteiger partial charge in [0.15, 0.2) is 17.2 Å². The van der Waals surface area contributed by atoms with Crippen molar-refractivity contribution < 1.29 is 23.7 Å². The molecular weight excluding hydrogens is 322 g/mol. The highest BCUT2D eigenvalue weighted by Crippen LogP contribution is 2.39. The Hall–Kier alpha value is -2.50. The quantitative estimate of drug-likeness (QED) is 0.603. The van der Waals surface area contributed by atoms with Crippen LogP contribution in [0.3, 0.4) is 0 Å². The Morgan fingerprint density at radius 2 is 1.68 bits per heavy atom. The van der Waals surface area contributed by atoms with E-state index in [9.17, 15) is 4.79 Å². The van der Waals surface area contributed by atoms with Crippen molar-refractivity contribution in [2.24, 2.45) is 10.9 Å². The average Bonchev–Trinajstić information content (AvgIpc) is 3.02. The first-order chi connectivity index (χ1) is 12.2. The monoisotopic (exact) mass is 345 g/mol. The van der Waals surface area contributed by atoms with Gasteiger partial charge in [0.2, 0.25) is 11.6 Å². The summed E-state index contributed by atoms with van der Waals surface area (Å²) in [5.74, 6) is 1.96. The second kappa shape index (κ2) is 7.59. The lowest BCUT2D eigenvalue weighted by atomic mass is 9.89. The highest BCUT2D eigenvalue weighted by molar-refractivity contribution is 6.07. The third-order valence-electron chi connectivity index (χ3n) is 4.58. The zero-order valence-corrected chi connectivity index (χ0v) is 14.8. The van der Waals surface area contributed by atoms with Gasteiger partial charge in [-0.05, 0) is 36.6 Å². The SMILES string of the molecule is COc1cc(C=C2N=C(C3CCCCC3)OC2=O)cc(OC)c1OC. The van der Waals surface area contributed by atoms with Gasteiger partial charge in [0.05, 0.1) is 21.3 Å². The van der Waals surface area contributed by atoms with E-state index in [0.29, 0.717) is 28.8 Å². The Morgan fingerprint density at radius 3 is 2.24 bits per heavy atom. The van der Waals surface area contributed by atoms with Gasteiger partial charge in [-0.1, -0.05) is 19.3 Å². The van der Waals surface area contributed by atoms with Crippen LogP contribution in [0.1, 0.15) is 37.7 Å². The second-order valence-corrected chi connectivity index (χ2v) is 6.16. The Kier molecular flexibility index (Phi) is 5.26. The second-order valence-electron chi connectivity index (χ2n) is 6.16. The third-order valence-corrected chi connectivity index (χ3v) is 4.58. The van der Waals surface area contributed by atoms with Gasteiger partial charge in [-0.25, -0.2) is 9.79 Å². The third kappa shape index (κ3) is 3.62. The molecule has 1 saturated carbocycles. The molecule has 1 heterocycles. The molecule has 0 N–H and O–H groups in total. The lowest BCUT2D eigenvalue weighted by molar-refractivity contribution is -0.130. The number of nitrogens with zero attached hydrogens (tertiary/aromatic N) is 1. The molecule has 134 valence electrons. The van der Waals surface area contributed by atoms with E-state index in [2.05, 4.69) is 4.99 Å². The number of rotatable bonds is 5. The van der Waals surface area contributed by atoms with Crippen LogP contribution in [-0.4, -0.2) is 33.2 Å². The predicted molar refractivity (Wildman–Crippen MR) is 94.2 cm³/mol. The molecular formula is C19H23NO5. The topological polar surface area (TPSA) is 66.4 Å². The fourth-order valence-corrected chi connectivity index (χ4v) is 3.29. The van der Waals surface area contributed by atoms with E-state index >= 15 is 0 Å². The van der Waals surface area contributed by atoms with Gasteiger partial charge >= 0.3 is 5.97 Å². The molecule has 0 spiro atoms. The summed E-state index contributed by atoms with van der Waals surface area (Å²) in [5, 5.41) is 0. The molecule has 0 unspecified atom stereocenters. The largest absolute Gasteiger partial charge is 0.493 e. The van der Waals surface area contributed by atoms with E-state index in [1.165, 1.54) is 6.42 Å². The van der Waals surface area contributed by atoms with E-state index in [1.807, 2.05) is 0 Å². The number of carbonyl (C=O) groups is 1. The van der Waals surface area contributed by atoms with Crippen LogP contribution in [0.15, 0.2) is 22.8 Å². The number of cyclic esters (lactones) is 1. The summed E-state index contributed by atoms with van der Waals surface area (Å²) < 4.78 is 21.4. The smallest absolute Gasteiger partial charge is 0.363 e. The Morgan fingerprint density at radius 1 is 1.04 bits per heavy atom. The van der Waals surface area contributed by atoms with Gasteiger partial charge in [0.25, 0.3) is 0 Å². The zero-order chi connectivity index (χ0) is 17.8. The molecule has 1 aliphatic heterocycles. The molecule has 0 bridgehead atoms. The van der Waals surface area contributed by atoms with Crippen LogP contribution in [-0.2, 0) is 9.53 Å². The van der Waals surface area contributed by atoms with Gasteiger partial charge in [-0.3, -0.25) is 0 Å². The van der Waals surface area contributed by atoms with Gasteiger partial charge in [-0.2, -0.15) is 0 Å². The summed E-state index contributed by atoms with van der Waals surface area (Å²) in [6, 6.07) is 3.55. The Balaban J connectivity index is 1.91. The maximum Gasteiger partial charge on any atom is 0.363 e. The van der Waals surface area contributed by atoms with E-state index in [4.69, 9.17) is 18.9 Å². The number of aliphatic imine (C=N–C) groups is 1. The first kappa shape index (κ1) is 17.3. The van der Waals surface area contributed by atoms with Crippen molar-refractivity contribution in [2.45, 2.75) is 32.1 Å². The van der Waals surface area contributed by atoms with Gasteiger partial charge < -0.3 is 18.9 Å². The molecule has 0 saturated heterocycles. The maximum absolute atomic E-state index is 12.2. The zero-order valence-electron chi connectivity index (χ0n) is 14.8. The van der Waals surface area contributed by atoms with Crippen molar-refractivity contribution in [1.82, 2.24) is 0 Å². The lowest BCUT2D eigenvalue weighted by Crippen LogP contribution is -2.19.